The number of carbonyl (C=O) groups is 1. The molecule has 4 aromatic carbocycles. The number of carbonyl (C=O) groups excluding carboxylic acids is 1. The van der Waals surface area contributed by atoms with Crippen molar-refractivity contribution in [3.8, 4) is 11.5 Å². The maximum Gasteiger partial charge on any atom is 0.298 e. The van der Waals surface area contributed by atoms with Crippen molar-refractivity contribution in [2.45, 2.75) is 9.79 Å². The van der Waals surface area contributed by atoms with E-state index in [-0.39, 0.29) is 38.8 Å². The van der Waals surface area contributed by atoms with Gasteiger partial charge >= 0.3 is 0 Å². The quantitative estimate of drug-likeness (QED) is 0.231. The Balaban J connectivity index is 1.70. The van der Waals surface area contributed by atoms with E-state index in [4.69, 9.17) is 27.9 Å². The monoisotopic (exact) mass is 552 g/mol. The number of hydrogen-bond acceptors (Lipinski definition) is 6. The smallest absolute Gasteiger partial charge is 0.298 e. The van der Waals surface area contributed by atoms with Gasteiger partial charge in [0.25, 0.3) is 20.2 Å². The molecule has 0 saturated carbocycles. The van der Waals surface area contributed by atoms with Crippen molar-refractivity contribution >= 4 is 60.0 Å². The summed E-state index contributed by atoms with van der Waals surface area (Å²) in [6.45, 7) is 0. The average Bonchev–Trinajstić information content (AvgIpc) is 2.78. The molecule has 0 amide bonds. The van der Waals surface area contributed by atoms with E-state index in [1.54, 1.807) is 6.07 Å². The highest BCUT2D eigenvalue weighted by Gasteiger charge is 2.21. The third-order valence-corrected chi connectivity index (χ3v) is 7.26. The lowest BCUT2D eigenvalue weighted by molar-refractivity contribution is 0.103. The summed E-state index contributed by atoms with van der Waals surface area (Å²) < 4.78 is 71.3. The number of ether oxygens (including phenoxy) is 1. The van der Waals surface area contributed by atoms with Crippen LogP contribution in [0.1, 0.15) is 15.9 Å². The summed E-state index contributed by atoms with van der Waals surface area (Å²) in [6, 6.07) is 16.1. The first-order valence-corrected chi connectivity index (χ1v) is 13.3. The third kappa shape index (κ3) is 5.48. The zero-order valence-electron chi connectivity index (χ0n) is 17.3. The van der Waals surface area contributed by atoms with E-state index in [0.29, 0.717) is 10.4 Å². The van der Waals surface area contributed by atoms with Crippen molar-refractivity contribution in [2.24, 2.45) is 0 Å². The van der Waals surface area contributed by atoms with Gasteiger partial charge in [-0.15, -0.1) is 0 Å². The van der Waals surface area contributed by atoms with Crippen LogP contribution in [0.5, 0.6) is 11.5 Å². The van der Waals surface area contributed by atoms with E-state index in [2.05, 4.69) is 0 Å². The first kappa shape index (κ1) is 25.1. The topological polar surface area (TPSA) is 135 Å². The van der Waals surface area contributed by atoms with Crippen LogP contribution in [0.2, 0.25) is 10.0 Å². The molecule has 180 valence electrons. The molecule has 4 rings (SSSR count). The number of rotatable bonds is 6. The van der Waals surface area contributed by atoms with Gasteiger partial charge in [0, 0.05) is 16.1 Å². The minimum absolute atomic E-state index is 0.124. The lowest BCUT2D eigenvalue weighted by Gasteiger charge is -2.12. The summed E-state index contributed by atoms with van der Waals surface area (Å²) in [7, 11) is -9.30. The Morgan fingerprint density at radius 3 is 2.06 bits per heavy atom. The third-order valence-electron chi connectivity index (χ3n) is 4.97. The lowest BCUT2D eigenvalue weighted by atomic mass is 10.0. The Labute approximate surface area is 210 Å². The Kier molecular flexibility index (Phi) is 6.62. The van der Waals surface area contributed by atoms with E-state index in [9.17, 15) is 30.7 Å². The molecule has 4 aromatic rings. The SMILES string of the molecule is O=C(c1ccc(Oc2cc3ccc(S(=O)(=O)O)cc3cc2S(=O)(=O)O)cc1)c1cc(Cl)ccc1Cl. The summed E-state index contributed by atoms with van der Waals surface area (Å²) in [4.78, 5) is 11.7. The molecule has 0 aliphatic heterocycles. The van der Waals surface area contributed by atoms with Gasteiger partial charge in [-0.25, -0.2) is 0 Å². The van der Waals surface area contributed by atoms with Gasteiger partial charge in [0.2, 0.25) is 0 Å². The summed E-state index contributed by atoms with van der Waals surface area (Å²) in [5.41, 5.74) is 0.480. The van der Waals surface area contributed by atoms with Gasteiger partial charge in [0.1, 0.15) is 16.4 Å². The van der Waals surface area contributed by atoms with Gasteiger partial charge in [0.15, 0.2) is 5.78 Å². The highest BCUT2D eigenvalue weighted by atomic mass is 35.5. The number of halogens is 2. The number of hydrogen-bond donors (Lipinski definition) is 2. The van der Waals surface area contributed by atoms with Crippen LogP contribution in [0.15, 0.2) is 82.6 Å². The minimum atomic E-state index is -4.78. The Hall–Kier alpha value is -2.99. The van der Waals surface area contributed by atoms with E-state index >= 15 is 0 Å². The summed E-state index contributed by atoms with van der Waals surface area (Å²) in [6.07, 6.45) is 0. The standard InChI is InChI=1S/C23H14Cl2O8S2/c24-16-4-8-20(25)19(12-16)23(26)13-1-5-17(6-2-13)33-21-10-14-3-7-18(34(27,28)29)9-15(14)11-22(21)35(30,31)32/h1-12H,(H,27,28,29)(H,30,31,32). The second-order valence-corrected chi connectivity index (χ2v) is 11.0. The van der Waals surface area contributed by atoms with Crippen LogP contribution in [0.4, 0.5) is 0 Å². The molecule has 8 nitrogen and oxygen atoms in total. The van der Waals surface area contributed by atoms with Gasteiger partial charge in [-0.3, -0.25) is 13.9 Å². The lowest BCUT2D eigenvalue weighted by Crippen LogP contribution is -2.03. The molecule has 0 aliphatic carbocycles. The van der Waals surface area contributed by atoms with Crippen LogP contribution in [0, 0.1) is 0 Å². The predicted molar refractivity (Wildman–Crippen MR) is 130 cm³/mol. The van der Waals surface area contributed by atoms with Crippen LogP contribution in [0.3, 0.4) is 0 Å². The first-order valence-electron chi connectivity index (χ1n) is 9.63. The van der Waals surface area contributed by atoms with Crippen LogP contribution in [-0.2, 0) is 20.2 Å². The first-order chi connectivity index (χ1) is 16.3. The molecule has 0 unspecified atom stereocenters. The molecule has 2 N–H and O–H groups in total. The molecule has 0 saturated heterocycles. The molecule has 0 bridgehead atoms. The second-order valence-electron chi connectivity index (χ2n) is 7.34. The van der Waals surface area contributed by atoms with E-state index in [1.165, 1.54) is 48.5 Å². The van der Waals surface area contributed by atoms with Crippen molar-refractivity contribution in [2.75, 3.05) is 0 Å². The largest absolute Gasteiger partial charge is 0.456 e. The van der Waals surface area contributed by atoms with Crippen LogP contribution < -0.4 is 4.74 Å². The van der Waals surface area contributed by atoms with Crippen molar-refractivity contribution in [3.05, 3.63) is 94.0 Å². The molecule has 0 atom stereocenters. The second kappa shape index (κ2) is 9.23. The fraction of sp³-hybridized carbons (Fsp3) is 0. The molecule has 0 aliphatic rings. The molecular weight excluding hydrogens is 539 g/mol. The molecule has 0 heterocycles. The van der Waals surface area contributed by atoms with Crippen LogP contribution in [0.25, 0.3) is 10.8 Å². The number of ketones is 1. The van der Waals surface area contributed by atoms with Gasteiger partial charge in [0.05, 0.1) is 9.92 Å². The van der Waals surface area contributed by atoms with Crippen molar-refractivity contribution < 1.29 is 35.5 Å². The zero-order valence-corrected chi connectivity index (χ0v) is 20.5. The maximum absolute atomic E-state index is 12.8. The van der Waals surface area contributed by atoms with Crippen molar-refractivity contribution in [3.63, 3.8) is 0 Å². The van der Waals surface area contributed by atoms with Crippen molar-refractivity contribution in [1.29, 1.82) is 0 Å². The Morgan fingerprint density at radius 1 is 0.743 bits per heavy atom. The van der Waals surface area contributed by atoms with E-state index < -0.39 is 30.0 Å². The highest BCUT2D eigenvalue weighted by molar-refractivity contribution is 7.86. The zero-order chi connectivity index (χ0) is 25.5. The normalized spacial score (nSPS) is 12.0. The van der Waals surface area contributed by atoms with Crippen LogP contribution >= 0.6 is 23.2 Å². The molecule has 0 spiro atoms. The number of fused-ring (bicyclic) bond motifs is 1. The number of benzene rings is 4. The molecule has 0 radical (unpaired) electrons. The summed E-state index contributed by atoms with van der Waals surface area (Å²) >= 11 is 12.0. The molecule has 0 fully saturated rings. The van der Waals surface area contributed by atoms with Gasteiger partial charge in [-0.1, -0.05) is 29.3 Å². The molecule has 0 aromatic heterocycles. The van der Waals surface area contributed by atoms with Gasteiger partial charge in [-0.05, 0) is 77.5 Å². The van der Waals surface area contributed by atoms with E-state index in [0.717, 1.165) is 18.2 Å². The Morgan fingerprint density at radius 2 is 1.43 bits per heavy atom. The van der Waals surface area contributed by atoms with E-state index in [1.807, 2.05) is 0 Å². The molecule has 35 heavy (non-hydrogen) atoms. The summed E-state index contributed by atoms with van der Waals surface area (Å²) in [5, 5.41) is 1.07. The highest BCUT2D eigenvalue weighted by Crippen LogP contribution is 2.34. The van der Waals surface area contributed by atoms with Gasteiger partial charge < -0.3 is 4.74 Å². The van der Waals surface area contributed by atoms with Gasteiger partial charge in [-0.2, -0.15) is 16.8 Å². The molecule has 12 heteroatoms. The van der Waals surface area contributed by atoms with Crippen LogP contribution in [-0.4, -0.2) is 31.7 Å². The maximum atomic E-state index is 12.8. The Bertz CT molecular complexity index is 1700. The average molecular weight is 553 g/mol. The predicted octanol–water partition coefficient (Wildman–Crippen LogP) is 5.66. The fourth-order valence-electron chi connectivity index (χ4n) is 3.30. The fourth-order valence-corrected chi connectivity index (χ4v) is 4.83. The minimum Gasteiger partial charge on any atom is -0.456 e. The summed E-state index contributed by atoms with van der Waals surface area (Å²) in [5.74, 6) is -0.475. The van der Waals surface area contributed by atoms with Crippen molar-refractivity contribution in [1.82, 2.24) is 0 Å². The molecular formula is C23H14Cl2O8S2.